The first-order valence-electron chi connectivity index (χ1n) is 6.69. The van der Waals surface area contributed by atoms with Crippen LogP contribution in [-0.2, 0) is 16.0 Å². The highest BCUT2D eigenvalue weighted by molar-refractivity contribution is 8.01. The van der Waals surface area contributed by atoms with Gasteiger partial charge in [0, 0.05) is 5.69 Å². The number of ether oxygens (including phenoxy) is 1. The highest BCUT2D eigenvalue weighted by Gasteiger charge is 2.08. The Morgan fingerprint density at radius 1 is 1.29 bits per heavy atom. The third-order valence-electron chi connectivity index (χ3n) is 2.64. The predicted molar refractivity (Wildman–Crippen MR) is 86.4 cm³/mol. The van der Waals surface area contributed by atoms with E-state index in [4.69, 9.17) is 4.74 Å². The topological polar surface area (TPSA) is 64.1 Å². The third kappa shape index (κ3) is 5.02. The Morgan fingerprint density at radius 2 is 2.05 bits per heavy atom. The van der Waals surface area contributed by atoms with Crippen LogP contribution in [0.15, 0.2) is 28.6 Å². The van der Waals surface area contributed by atoms with Crippen molar-refractivity contribution in [3.8, 4) is 0 Å². The number of aryl methyl sites for hydroxylation is 1. The van der Waals surface area contributed by atoms with Crippen LogP contribution in [0.2, 0.25) is 0 Å². The van der Waals surface area contributed by atoms with Crippen molar-refractivity contribution < 1.29 is 9.53 Å². The first-order chi connectivity index (χ1) is 10.2. The number of nitrogens with zero attached hydrogens (tertiary/aromatic N) is 2. The van der Waals surface area contributed by atoms with Gasteiger partial charge in [0.25, 0.3) is 0 Å². The highest BCUT2D eigenvalue weighted by atomic mass is 32.2. The average Bonchev–Trinajstić information content (AvgIpc) is 2.94. The molecule has 7 heteroatoms. The second-order valence-corrected chi connectivity index (χ2v) is 6.34. The van der Waals surface area contributed by atoms with E-state index in [0.29, 0.717) is 11.7 Å². The first-order valence-corrected chi connectivity index (χ1v) is 8.49. The van der Waals surface area contributed by atoms with Gasteiger partial charge in [-0.15, -0.1) is 10.2 Å². The Labute approximate surface area is 132 Å². The minimum absolute atomic E-state index is 0.234. The van der Waals surface area contributed by atoms with Crippen LogP contribution in [0.25, 0.3) is 0 Å². The largest absolute Gasteiger partial charge is 0.465 e. The fourth-order valence-electron chi connectivity index (χ4n) is 1.59. The quantitative estimate of drug-likeness (QED) is 0.621. The lowest BCUT2D eigenvalue weighted by Crippen LogP contribution is -2.06. The molecule has 1 aromatic carbocycles. The van der Waals surface area contributed by atoms with Crippen LogP contribution in [0, 0.1) is 0 Å². The smallest absolute Gasteiger partial charge is 0.316 e. The van der Waals surface area contributed by atoms with Crippen molar-refractivity contribution in [2.45, 2.75) is 24.6 Å². The van der Waals surface area contributed by atoms with E-state index >= 15 is 0 Å². The number of hydrogen-bond acceptors (Lipinski definition) is 7. The molecule has 1 N–H and O–H groups in total. The summed E-state index contributed by atoms with van der Waals surface area (Å²) in [4.78, 5) is 11.3. The molecular formula is C14H17N3O2S2. The molecular weight excluding hydrogens is 306 g/mol. The standard InChI is InChI=1S/C14H17N3O2S2/c1-3-10-5-7-11(8-6-10)15-13-16-17-14(21-13)20-9-12(18)19-4-2/h5-8H,3-4,9H2,1-2H3,(H,15,16). The average molecular weight is 323 g/mol. The van der Waals surface area contributed by atoms with Crippen molar-refractivity contribution >= 4 is 39.9 Å². The molecule has 0 fully saturated rings. The summed E-state index contributed by atoms with van der Waals surface area (Å²) in [6.45, 7) is 4.32. The summed E-state index contributed by atoms with van der Waals surface area (Å²) in [6.07, 6.45) is 1.02. The van der Waals surface area contributed by atoms with Crippen LogP contribution in [0.5, 0.6) is 0 Å². The number of carbonyl (C=O) groups is 1. The van der Waals surface area contributed by atoms with E-state index in [1.54, 1.807) is 6.92 Å². The van der Waals surface area contributed by atoms with Gasteiger partial charge in [-0.1, -0.05) is 42.2 Å². The van der Waals surface area contributed by atoms with Gasteiger partial charge in [0.1, 0.15) is 0 Å². The lowest BCUT2D eigenvalue weighted by molar-refractivity contribution is -0.139. The lowest BCUT2D eigenvalue weighted by atomic mass is 10.1. The summed E-state index contributed by atoms with van der Waals surface area (Å²) < 4.78 is 5.61. The van der Waals surface area contributed by atoms with Crippen LogP contribution in [0.1, 0.15) is 19.4 Å². The van der Waals surface area contributed by atoms with E-state index in [1.165, 1.54) is 28.7 Å². The zero-order valence-corrected chi connectivity index (χ0v) is 13.6. The van der Waals surface area contributed by atoms with Gasteiger partial charge in [0.15, 0.2) is 4.34 Å². The molecule has 0 aliphatic carbocycles. The predicted octanol–water partition coefficient (Wildman–Crippen LogP) is 3.50. The second kappa shape index (κ2) is 7.99. The van der Waals surface area contributed by atoms with Crippen LogP contribution < -0.4 is 5.32 Å². The van der Waals surface area contributed by atoms with Crippen LogP contribution in [0.3, 0.4) is 0 Å². The van der Waals surface area contributed by atoms with E-state index < -0.39 is 0 Å². The summed E-state index contributed by atoms with van der Waals surface area (Å²) in [7, 11) is 0. The van der Waals surface area contributed by atoms with Gasteiger partial charge in [-0.05, 0) is 31.0 Å². The van der Waals surface area contributed by atoms with E-state index in [0.717, 1.165) is 16.4 Å². The van der Waals surface area contributed by atoms with Crippen molar-refractivity contribution in [3.63, 3.8) is 0 Å². The number of thioether (sulfide) groups is 1. The highest BCUT2D eigenvalue weighted by Crippen LogP contribution is 2.27. The normalized spacial score (nSPS) is 10.4. The van der Waals surface area contributed by atoms with Crippen LogP contribution in [-0.4, -0.2) is 28.5 Å². The minimum Gasteiger partial charge on any atom is -0.465 e. The molecule has 0 amide bonds. The SMILES string of the molecule is CCOC(=O)CSc1nnc(Nc2ccc(CC)cc2)s1. The van der Waals surface area contributed by atoms with E-state index in [1.807, 2.05) is 12.1 Å². The molecule has 0 aliphatic rings. The Bertz CT molecular complexity index is 584. The number of nitrogens with one attached hydrogen (secondary N) is 1. The molecule has 21 heavy (non-hydrogen) atoms. The molecule has 1 heterocycles. The second-order valence-electron chi connectivity index (χ2n) is 4.14. The summed E-state index contributed by atoms with van der Waals surface area (Å²) in [5.74, 6) is 0.0237. The number of aromatic nitrogens is 2. The number of benzene rings is 1. The Hall–Kier alpha value is -1.60. The van der Waals surface area contributed by atoms with E-state index in [9.17, 15) is 4.79 Å². The van der Waals surface area contributed by atoms with Crippen LogP contribution in [0.4, 0.5) is 10.8 Å². The number of carbonyl (C=O) groups excluding carboxylic acids is 1. The molecule has 0 spiro atoms. The Balaban J connectivity index is 1.88. The van der Waals surface area contributed by atoms with E-state index in [2.05, 4.69) is 34.6 Å². The molecule has 2 aromatic rings. The summed E-state index contributed by atoms with van der Waals surface area (Å²) >= 11 is 2.76. The maximum absolute atomic E-state index is 11.3. The molecule has 0 aliphatic heterocycles. The van der Waals surface area contributed by atoms with Gasteiger partial charge in [-0.2, -0.15) is 0 Å². The van der Waals surface area contributed by atoms with Crippen LogP contribution >= 0.6 is 23.1 Å². The fraction of sp³-hybridized carbons (Fsp3) is 0.357. The minimum atomic E-state index is -0.234. The maximum Gasteiger partial charge on any atom is 0.316 e. The molecule has 0 saturated heterocycles. The number of rotatable bonds is 7. The number of hydrogen-bond donors (Lipinski definition) is 1. The first kappa shape index (κ1) is 15.8. The van der Waals surface area contributed by atoms with Gasteiger partial charge >= 0.3 is 5.97 Å². The third-order valence-corrected chi connectivity index (χ3v) is 4.58. The molecule has 0 bridgehead atoms. The molecule has 0 radical (unpaired) electrons. The Kier molecular flexibility index (Phi) is 6.01. The van der Waals surface area contributed by atoms with Crippen molar-refractivity contribution in [1.29, 1.82) is 0 Å². The van der Waals surface area contributed by atoms with Gasteiger partial charge in [-0.25, -0.2) is 0 Å². The molecule has 5 nitrogen and oxygen atoms in total. The lowest BCUT2D eigenvalue weighted by Gasteiger charge is -2.02. The molecule has 2 rings (SSSR count). The monoisotopic (exact) mass is 323 g/mol. The van der Waals surface area contributed by atoms with Crippen molar-refractivity contribution in [2.24, 2.45) is 0 Å². The summed E-state index contributed by atoms with van der Waals surface area (Å²) in [6, 6.07) is 8.21. The van der Waals surface area contributed by atoms with Crippen molar-refractivity contribution in [2.75, 3.05) is 17.7 Å². The van der Waals surface area contributed by atoms with E-state index in [-0.39, 0.29) is 11.7 Å². The summed E-state index contributed by atoms with van der Waals surface area (Å²) in [5.41, 5.74) is 2.27. The molecule has 0 unspecified atom stereocenters. The molecule has 1 aromatic heterocycles. The molecule has 112 valence electrons. The van der Waals surface area contributed by atoms with Gasteiger partial charge in [0.2, 0.25) is 5.13 Å². The van der Waals surface area contributed by atoms with Crippen molar-refractivity contribution in [1.82, 2.24) is 10.2 Å². The Morgan fingerprint density at radius 3 is 2.71 bits per heavy atom. The van der Waals surface area contributed by atoms with Gasteiger partial charge in [-0.3, -0.25) is 4.79 Å². The van der Waals surface area contributed by atoms with Gasteiger partial charge in [0.05, 0.1) is 12.4 Å². The number of esters is 1. The maximum atomic E-state index is 11.3. The molecule has 0 atom stereocenters. The number of anilines is 2. The zero-order chi connectivity index (χ0) is 15.1. The zero-order valence-electron chi connectivity index (χ0n) is 12.0. The summed E-state index contributed by atoms with van der Waals surface area (Å²) in [5, 5.41) is 12.0. The fourth-order valence-corrected chi connectivity index (χ4v) is 3.16. The molecule has 0 saturated carbocycles. The van der Waals surface area contributed by atoms with Gasteiger partial charge < -0.3 is 10.1 Å². The van der Waals surface area contributed by atoms with Crippen molar-refractivity contribution in [3.05, 3.63) is 29.8 Å².